The quantitative estimate of drug-likeness (QED) is 0.533. The van der Waals surface area contributed by atoms with E-state index in [9.17, 15) is 10.1 Å². The number of anilines is 2. The van der Waals surface area contributed by atoms with E-state index in [2.05, 4.69) is 30.8 Å². The van der Waals surface area contributed by atoms with Gasteiger partial charge in [0, 0.05) is 24.7 Å². The lowest BCUT2D eigenvalue weighted by atomic mass is 10.2. The summed E-state index contributed by atoms with van der Waals surface area (Å²) < 4.78 is 2.69. The summed E-state index contributed by atoms with van der Waals surface area (Å²) >= 11 is 3.32. The Hall–Kier alpha value is -2.48. The SMILES string of the molecule is Cn1c(C2CC2)nc2cc(Nc3ncc([N+](=O)[O-])cc3Br)ccc21. The van der Waals surface area contributed by atoms with Crippen LogP contribution in [0.25, 0.3) is 11.0 Å². The van der Waals surface area contributed by atoms with Crippen LogP contribution in [0, 0.1) is 10.1 Å². The van der Waals surface area contributed by atoms with Gasteiger partial charge in [-0.25, -0.2) is 9.97 Å². The maximum absolute atomic E-state index is 10.8. The Kier molecular flexibility index (Phi) is 3.49. The molecule has 1 saturated carbocycles. The van der Waals surface area contributed by atoms with Crippen molar-refractivity contribution in [2.75, 3.05) is 5.32 Å². The first-order valence-electron chi connectivity index (χ1n) is 7.56. The maximum atomic E-state index is 10.8. The number of nitrogens with zero attached hydrogens (tertiary/aromatic N) is 4. The number of hydrogen-bond acceptors (Lipinski definition) is 5. The molecule has 0 bridgehead atoms. The van der Waals surface area contributed by atoms with Crippen LogP contribution in [-0.2, 0) is 7.05 Å². The third-order valence-electron chi connectivity index (χ3n) is 4.16. The summed E-state index contributed by atoms with van der Waals surface area (Å²) in [7, 11) is 2.05. The number of nitro groups is 1. The summed E-state index contributed by atoms with van der Waals surface area (Å²) in [6.45, 7) is 0. The van der Waals surface area contributed by atoms with E-state index in [0.717, 1.165) is 22.5 Å². The van der Waals surface area contributed by atoms with E-state index in [-0.39, 0.29) is 5.69 Å². The fraction of sp³-hybridized carbons (Fsp3) is 0.250. The molecule has 1 N–H and O–H groups in total. The van der Waals surface area contributed by atoms with Crippen LogP contribution in [0.3, 0.4) is 0 Å². The molecule has 1 aliphatic carbocycles. The van der Waals surface area contributed by atoms with Crippen LogP contribution in [0.15, 0.2) is 34.9 Å². The Labute approximate surface area is 146 Å². The highest BCUT2D eigenvalue weighted by Gasteiger charge is 2.28. The zero-order valence-corrected chi connectivity index (χ0v) is 14.4. The van der Waals surface area contributed by atoms with Crippen molar-refractivity contribution in [2.45, 2.75) is 18.8 Å². The van der Waals surface area contributed by atoms with E-state index in [4.69, 9.17) is 4.98 Å². The minimum absolute atomic E-state index is 0.0540. The standard InChI is InChI=1S/C16H14BrN5O2/c1-21-14-5-4-10(6-13(14)20-16(21)9-2-3-9)19-15-12(17)7-11(8-18-15)22(23)24/h4-9H,2-3H2,1H3,(H,18,19). The molecule has 1 aliphatic rings. The number of halogens is 1. The van der Waals surface area contributed by atoms with Crippen LogP contribution in [-0.4, -0.2) is 19.5 Å². The second-order valence-corrected chi connectivity index (χ2v) is 6.77. The predicted octanol–water partition coefficient (Wildman–Crippen LogP) is 4.26. The number of rotatable bonds is 4. The molecule has 0 aliphatic heterocycles. The third kappa shape index (κ3) is 2.62. The van der Waals surface area contributed by atoms with Crippen molar-refractivity contribution in [3.63, 3.8) is 0 Å². The van der Waals surface area contributed by atoms with Gasteiger partial charge in [-0.3, -0.25) is 10.1 Å². The van der Waals surface area contributed by atoms with Crippen LogP contribution < -0.4 is 5.32 Å². The number of pyridine rings is 1. The maximum Gasteiger partial charge on any atom is 0.288 e. The first-order chi connectivity index (χ1) is 11.5. The molecular formula is C16H14BrN5O2. The molecule has 2 heterocycles. The highest BCUT2D eigenvalue weighted by atomic mass is 79.9. The van der Waals surface area contributed by atoms with Gasteiger partial charge in [-0.05, 0) is 47.0 Å². The number of hydrogen-bond donors (Lipinski definition) is 1. The number of aryl methyl sites for hydroxylation is 1. The summed E-state index contributed by atoms with van der Waals surface area (Å²) in [5.41, 5.74) is 2.81. The van der Waals surface area contributed by atoms with Gasteiger partial charge in [0.25, 0.3) is 5.69 Å². The summed E-state index contributed by atoms with van der Waals surface area (Å²) in [6.07, 6.45) is 3.65. The van der Waals surface area contributed by atoms with Crippen LogP contribution in [0.2, 0.25) is 0 Å². The average Bonchev–Trinajstić information content (AvgIpc) is 3.34. The lowest BCUT2D eigenvalue weighted by molar-refractivity contribution is -0.385. The highest BCUT2D eigenvalue weighted by Crippen LogP contribution is 2.40. The van der Waals surface area contributed by atoms with E-state index < -0.39 is 4.92 Å². The van der Waals surface area contributed by atoms with Crippen molar-refractivity contribution in [3.8, 4) is 0 Å². The summed E-state index contributed by atoms with van der Waals surface area (Å²) in [4.78, 5) is 19.2. The smallest absolute Gasteiger partial charge is 0.288 e. The molecule has 1 aromatic carbocycles. The number of nitrogens with one attached hydrogen (secondary N) is 1. The fourth-order valence-electron chi connectivity index (χ4n) is 2.76. The second-order valence-electron chi connectivity index (χ2n) is 5.91. The fourth-order valence-corrected chi connectivity index (χ4v) is 3.20. The minimum atomic E-state index is -0.471. The number of fused-ring (bicyclic) bond motifs is 1. The van der Waals surface area contributed by atoms with Gasteiger partial charge in [-0.1, -0.05) is 0 Å². The topological polar surface area (TPSA) is 85.9 Å². The third-order valence-corrected chi connectivity index (χ3v) is 4.76. The van der Waals surface area contributed by atoms with E-state index in [1.807, 2.05) is 25.2 Å². The average molecular weight is 388 g/mol. The Bertz CT molecular complexity index is 965. The van der Waals surface area contributed by atoms with Gasteiger partial charge >= 0.3 is 0 Å². The molecule has 1 fully saturated rings. The van der Waals surface area contributed by atoms with Gasteiger partial charge < -0.3 is 9.88 Å². The lowest BCUT2D eigenvalue weighted by Gasteiger charge is -2.07. The van der Waals surface area contributed by atoms with Crippen molar-refractivity contribution in [2.24, 2.45) is 7.05 Å². The Morgan fingerprint density at radius 3 is 2.83 bits per heavy atom. The first-order valence-corrected chi connectivity index (χ1v) is 8.35. The zero-order valence-electron chi connectivity index (χ0n) is 12.9. The molecule has 7 nitrogen and oxygen atoms in total. The molecule has 8 heteroatoms. The van der Waals surface area contributed by atoms with E-state index >= 15 is 0 Å². The van der Waals surface area contributed by atoms with Crippen LogP contribution in [0.5, 0.6) is 0 Å². The largest absolute Gasteiger partial charge is 0.339 e. The minimum Gasteiger partial charge on any atom is -0.339 e. The van der Waals surface area contributed by atoms with Crippen molar-refractivity contribution < 1.29 is 4.92 Å². The van der Waals surface area contributed by atoms with Crippen molar-refractivity contribution in [1.82, 2.24) is 14.5 Å². The predicted molar refractivity (Wildman–Crippen MR) is 94.6 cm³/mol. The van der Waals surface area contributed by atoms with Crippen LogP contribution in [0.1, 0.15) is 24.6 Å². The normalized spacial score (nSPS) is 14.1. The van der Waals surface area contributed by atoms with Gasteiger partial charge in [-0.15, -0.1) is 0 Å². The number of imidazole rings is 1. The molecule has 0 unspecified atom stereocenters. The monoisotopic (exact) mass is 387 g/mol. The molecule has 0 atom stereocenters. The zero-order chi connectivity index (χ0) is 16.8. The van der Waals surface area contributed by atoms with Gasteiger partial charge in [0.15, 0.2) is 0 Å². The molecule has 4 rings (SSSR count). The molecule has 24 heavy (non-hydrogen) atoms. The number of benzene rings is 1. The van der Waals surface area contributed by atoms with Crippen LogP contribution in [0.4, 0.5) is 17.2 Å². The summed E-state index contributed by atoms with van der Waals surface area (Å²) in [5.74, 6) is 2.25. The van der Waals surface area contributed by atoms with Gasteiger partial charge in [0.2, 0.25) is 0 Å². The molecule has 2 aromatic heterocycles. The van der Waals surface area contributed by atoms with Crippen LogP contribution >= 0.6 is 15.9 Å². The lowest BCUT2D eigenvalue weighted by Crippen LogP contribution is -1.97. The molecule has 3 aromatic rings. The molecule has 0 amide bonds. The second kappa shape index (κ2) is 5.55. The van der Waals surface area contributed by atoms with Crippen molar-refractivity contribution >= 4 is 44.2 Å². The Morgan fingerprint density at radius 2 is 2.17 bits per heavy atom. The first kappa shape index (κ1) is 15.1. The van der Waals surface area contributed by atoms with Gasteiger partial charge in [0.1, 0.15) is 17.8 Å². The van der Waals surface area contributed by atoms with Gasteiger partial charge in [-0.2, -0.15) is 0 Å². The Morgan fingerprint density at radius 1 is 1.38 bits per heavy atom. The van der Waals surface area contributed by atoms with Crippen molar-refractivity contribution in [3.05, 3.63) is 50.9 Å². The summed E-state index contributed by atoms with van der Waals surface area (Å²) in [5, 5.41) is 14.0. The number of aromatic nitrogens is 3. The van der Waals surface area contributed by atoms with Gasteiger partial charge in [0.05, 0.1) is 20.4 Å². The summed E-state index contributed by atoms with van der Waals surface area (Å²) in [6, 6.07) is 7.38. The molecule has 0 saturated heterocycles. The Balaban J connectivity index is 1.66. The molecule has 122 valence electrons. The van der Waals surface area contributed by atoms with E-state index in [1.54, 1.807) is 0 Å². The molecule has 0 radical (unpaired) electrons. The molecular weight excluding hydrogens is 374 g/mol. The van der Waals surface area contributed by atoms with E-state index in [0.29, 0.717) is 16.2 Å². The van der Waals surface area contributed by atoms with E-state index in [1.165, 1.54) is 25.1 Å². The van der Waals surface area contributed by atoms with Crippen molar-refractivity contribution in [1.29, 1.82) is 0 Å². The highest BCUT2D eigenvalue weighted by molar-refractivity contribution is 9.10. The molecule has 0 spiro atoms.